The molecule has 1 aliphatic heterocycles. The van der Waals surface area contributed by atoms with Crippen LogP contribution in [0.4, 0.5) is 0 Å². The number of rotatable bonds is 6. The van der Waals surface area contributed by atoms with Crippen LogP contribution in [0.1, 0.15) is 12.0 Å². The molecule has 1 saturated heterocycles. The van der Waals surface area contributed by atoms with Crippen LogP contribution in [0.3, 0.4) is 0 Å². The number of pyridine rings is 1. The maximum atomic E-state index is 13.0. The van der Waals surface area contributed by atoms with Gasteiger partial charge in [-0.05, 0) is 58.5 Å². The topological polar surface area (TPSA) is 109 Å². The number of aromatic amines is 1. The number of nitrogens with zero attached hydrogens (tertiary/aromatic N) is 1. The van der Waals surface area contributed by atoms with Gasteiger partial charge in [-0.1, -0.05) is 12.1 Å². The third kappa shape index (κ3) is 4.01. The normalized spacial score (nSPS) is 16.7. The second-order valence-electron chi connectivity index (χ2n) is 7.91. The summed E-state index contributed by atoms with van der Waals surface area (Å²) in [5.74, 6) is 0.361. The Morgan fingerprint density at radius 2 is 1.97 bits per heavy atom. The molecule has 0 bridgehead atoms. The minimum absolute atomic E-state index is 0.0950. The molecule has 3 heterocycles. The third-order valence-corrected chi connectivity index (χ3v) is 8.38. The number of likely N-dealkylation sites (tertiary alicyclic amines) is 1. The molecule has 10 heteroatoms. The Balaban J connectivity index is 1.34. The molecule has 4 aromatic rings. The van der Waals surface area contributed by atoms with Crippen LogP contribution in [-0.4, -0.2) is 43.9 Å². The van der Waals surface area contributed by atoms with Gasteiger partial charge in [0.15, 0.2) is 0 Å². The maximum absolute atomic E-state index is 13.0. The highest BCUT2D eigenvalue weighted by atomic mass is 32.2. The molecule has 33 heavy (non-hydrogen) atoms. The van der Waals surface area contributed by atoms with Gasteiger partial charge in [-0.25, -0.2) is 8.42 Å². The number of hydrogen-bond acceptors (Lipinski definition) is 6. The molecule has 2 aromatic heterocycles. The van der Waals surface area contributed by atoms with Crippen molar-refractivity contribution in [1.82, 2.24) is 14.6 Å². The van der Waals surface area contributed by atoms with Crippen molar-refractivity contribution in [2.75, 3.05) is 13.7 Å². The van der Waals surface area contributed by atoms with E-state index in [4.69, 9.17) is 4.74 Å². The zero-order valence-corrected chi connectivity index (χ0v) is 19.3. The van der Waals surface area contributed by atoms with E-state index >= 15 is 0 Å². The number of H-pyrrole nitrogens is 1. The molecule has 0 spiro atoms. The average Bonchev–Trinajstić information content (AvgIpc) is 3.38. The summed E-state index contributed by atoms with van der Waals surface area (Å²) >= 11 is 1.33. The van der Waals surface area contributed by atoms with Crippen LogP contribution in [0.5, 0.6) is 5.75 Å². The van der Waals surface area contributed by atoms with E-state index in [0.29, 0.717) is 30.0 Å². The Kier molecular flexibility index (Phi) is 5.43. The van der Waals surface area contributed by atoms with Gasteiger partial charge in [0.05, 0.1) is 16.7 Å². The molecule has 0 radical (unpaired) electrons. The molecule has 2 aromatic carbocycles. The highest BCUT2D eigenvalue weighted by Gasteiger charge is 2.35. The van der Waals surface area contributed by atoms with Crippen molar-refractivity contribution in [1.29, 1.82) is 0 Å². The molecule has 1 atom stereocenters. The van der Waals surface area contributed by atoms with Crippen molar-refractivity contribution < 1.29 is 17.9 Å². The second kappa shape index (κ2) is 8.29. The molecule has 1 fully saturated rings. The number of nitrogens with one attached hydrogen (secondary N) is 2. The molecule has 170 valence electrons. The molecule has 0 saturated carbocycles. The van der Waals surface area contributed by atoms with Crippen molar-refractivity contribution >= 4 is 48.1 Å². The molecule has 5 rings (SSSR count). The quantitative estimate of drug-likeness (QED) is 0.438. The van der Waals surface area contributed by atoms with Crippen molar-refractivity contribution in [3.05, 3.63) is 70.0 Å². The zero-order chi connectivity index (χ0) is 23.2. The lowest BCUT2D eigenvalue weighted by Crippen LogP contribution is -2.41. The Labute approximate surface area is 193 Å². The van der Waals surface area contributed by atoms with Gasteiger partial charge in [0.1, 0.15) is 11.8 Å². The summed E-state index contributed by atoms with van der Waals surface area (Å²) in [6.45, 7) is 0.762. The average molecular weight is 484 g/mol. The van der Waals surface area contributed by atoms with E-state index in [1.165, 1.54) is 17.4 Å². The van der Waals surface area contributed by atoms with Gasteiger partial charge in [0, 0.05) is 24.7 Å². The number of methoxy groups -OCH3 is 1. The summed E-state index contributed by atoms with van der Waals surface area (Å²) in [5, 5.41) is 4.30. The molecule has 1 aliphatic rings. The predicted molar refractivity (Wildman–Crippen MR) is 127 cm³/mol. The van der Waals surface area contributed by atoms with Crippen LogP contribution in [0.25, 0.3) is 20.9 Å². The van der Waals surface area contributed by atoms with E-state index in [-0.39, 0.29) is 16.4 Å². The van der Waals surface area contributed by atoms with E-state index in [9.17, 15) is 18.0 Å². The largest absolute Gasteiger partial charge is 0.497 e. The highest BCUT2D eigenvalue weighted by molar-refractivity contribution is 7.89. The number of aromatic nitrogens is 1. The van der Waals surface area contributed by atoms with Crippen LogP contribution in [0.15, 0.2) is 63.7 Å². The van der Waals surface area contributed by atoms with Gasteiger partial charge < -0.3 is 14.6 Å². The number of carbonyl (C=O) groups excluding carboxylic acids is 1. The van der Waals surface area contributed by atoms with Gasteiger partial charge in [-0.3, -0.25) is 9.59 Å². The minimum atomic E-state index is -3.90. The number of carbonyl (C=O) groups is 1. The minimum Gasteiger partial charge on any atom is -0.497 e. The van der Waals surface area contributed by atoms with Crippen molar-refractivity contribution in [3.63, 3.8) is 0 Å². The van der Waals surface area contributed by atoms with Crippen LogP contribution >= 0.6 is 11.3 Å². The summed E-state index contributed by atoms with van der Waals surface area (Å²) in [6, 6.07) is 11.3. The SMILES string of the molecule is COc1ccc2ccc(S(=O)(=O)N[C@H]3CCN(Cc4csc5c(=O)[nH]ccc45)C3=O)cc2c1. The van der Waals surface area contributed by atoms with Crippen LogP contribution < -0.4 is 15.0 Å². The first-order valence-corrected chi connectivity index (χ1v) is 12.7. The lowest BCUT2D eigenvalue weighted by molar-refractivity contribution is -0.129. The molecule has 0 unspecified atom stereocenters. The summed E-state index contributed by atoms with van der Waals surface area (Å²) < 4.78 is 34.4. The molecule has 1 amide bonds. The lowest BCUT2D eigenvalue weighted by atomic mass is 10.1. The summed E-state index contributed by atoms with van der Waals surface area (Å²) in [4.78, 5) is 29.3. The Morgan fingerprint density at radius 1 is 1.15 bits per heavy atom. The molecular weight excluding hydrogens is 462 g/mol. The second-order valence-corrected chi connectivity index (χ2v) is 10.5. The monoisotopic (exact) mass is 483 g/mol. The van der Waals surface area contributed by atoms with Crippen molar-refractivity contribution in [2.24, 2.45) is 0 Å². The summed E-state index contributed by atoms with van der Waals surface area (Å²) in [6.07, 6.45) is 1.96. The summed E-state index contributed by atoms with van der Waals surface area (Å²) in [7, 11) is -2.34. The fraction of sp³-hybridized carbons (Fsp3) is 0.217. The molecule has 8 nitrogen and oxygen atoms in total. The Hall–Kier alpha value is -3.21. The first-order chi connectivity index (χ1) is 15.9. The maximum Gasteiger partial charge on any atom is 0.265 e. The fourth-order valence-electron chi connectivity index (χ4n) is 4.11. The fourth-order valence-corrected chi connectivity index (χ4v) is 6.33. The number of fused-ring (bicyclic) bond motifs is 2. The van der Waals surface area contributed by atoms with E-state index in [0.717, 1.165) is 21.7 Å². The van der Waals surface area contributed by atoms with Crippen LogP contribution in [0.2, 0.25) is 0 Å². The van der Waals surface area contributed by atoms with Gasteiger partial charge in [0.2, 0.25) is 15.9 Å². The highest BCUT2D eigenvalue weighted by Crippen LogP contribution is 2.27. The van der Waals surface area contributed by atoms with Crippen molar-refractivity contribution in [2.45, 2.75) is 23.9 Å². The van der Waals surface area contributed by atoms with Gasteiger partial charge in [-0.15, -0.1) is 11.3 Å². The number of ether oxygens (including phenoxy) is 1. The Morgan fingerprint density at radius 3 is 2.79 bits per heavy atom. The first kappa shape index (κ1) is 21.6. The number of hydrogen-bond donors (Lipinski definition) is 2. The lowest BCUT2D eigenvalue weighted by Gasteiger charge is -2.17. The van der Waals surface area contributed by atoms with E-state index in [2.05, 4.69) is 9.71 Å². The standard InChI is InChI=1S/C23H21N3O5S2/c1-31-17-4-2-14-3-5-18(11-15(14)10-17)33(29,30)25-20-7-9-26(23(20)28)12-16-13-32-21-19(16)6-8-24-22(21)27/h2-6,8,10-11,13,20,25H,7,9,12H2,1H3,(H,24,27)/t20-/m0/s1. The third-order valence-electron chi connectivity index (χ3n) is 5.87. The zero-order valence-electron chi connectivity index (χ0n) is 17.7. The smallest absolute Gasteiger partial charge is 0.265 e. The first-order valence-electron chi connectivity index (χ1n) is 10.3. The number of benzene rings is 2. The Bertz CT molecular complexity index is 1540. The van der Waals surface area contributed by atoms with Crippen LogP contribution in [-0.2, 0) is 21.4 Å². The van der Waals surface area contributed by atoms with E-state index in [1.54, 1.807) is 36.4 Å². The predicted octanol–water partition coefficient (Wildman–Crippen LogP) is 2.83. The van der Waals surface area contributed by atoms with Gasteiger partial charge in [0.25, 0.3) is 5.56 Å². The number of sulfonamides is 1. The van der Waals surface area contributed by atoms with Crippen LogP contribution in [0, 0.1) is 0 Å². The van der Waals surface area contributed by atoms with Crippen molar-refractivity contribution in [3.8, 4) is 5.75 Å². The van der Waals surface area contributed by atoms with Gasteiger partial charge >= 0.3 is 0 Å². The summed E-state index contributed by atoms with van der Waals surface area (Å²) in [5.41, 5.74) is 0.719. The number of amides is 1. The van der Waals surface area contributed by atoms with Gasteiger partial charge in [-0.2, -0.15) is 4.72 Å². The van der Waals surface area contributed by atoms with E-state index in [1.807, 2.05) is 23.6 Å². The van der Waals surface area contributed by atoms with E-state index < -0.39 is 16.1 Å². The molecule has 2 N–H and O–H groups in total. The molecular formula is C23H21N3O5S2. The number of thiophene rings is 1. The molecule has 0 aliphatic carbocycles.